The largest absolute Gasteiger partial charge is 0.385 e. The molecule has 1 aromatic carbocycles. The Hall–Kier alpha value is -1.33. The third kappa shape index (κ3) is 3.04. The number of fused-ring (bicyclic) bond motifs is 1. The van der Waals surface area contributed by atoms with E-state index in [0.717, 1.165) is 31.5 Å². The monoisotopic (exact) mass is 294 g/mol. The number of rotatable bonds is 6. The smallest absolute Gasteiger partial charge is 0.243 e. The molecule has 1 aromatic rings. The lowest BCUT2D eigenvalue weighted by Crippen LogP contribution is -2.32. The minimum Gasteiger partial charge on any atom is -0.385 e. The van der Waals surface area contributed by atoms with Crippen LogP contribution >= 0.6 is 0 Å². The average Bonchev–Trinajstić information content (AvgIpc) is 2.46. The minimum absolute atomic E-state index is 0.348. The summed E-state index contributed by atoms with van der Waals surface area (Å²) < 4.78 is 26.8. The number of anilines is 1. The summed E-state index contributed by atoms with van der Waals surface area (Å²) in [6.45, 7) is 7.38. The highest BCUT2D eigenvalue weighted by Crippen LogP contribution is 2.26. The summed E-state index contributed by atoms with van der Waals surface area (Å²) in [7, 11) is -3.44. The van der Waals surface area contributed by atoms with Gasteiger partial charge in [-0.15, -0.1) is 6.58 Å². The van der Waals surface area contributed by atoms with Crippen LogP contribution < -0.4 is 5.32 Å². The van der Waals surface area contributed by atoms with E-state index in [4.69, 9.17) is 0 Å². The summed E-state index contributed by atoms with van der Waals surface area (Å²) in [6, 6.07) is 5.40. The van der Waals surface area contributed by atoms with E-state index in [2.05, 4.69) is 11.9 Å². The maximum absolute atomic E-state index is 12.6. The van der Waals surface area contributed by atoms with E-state index in [1.54, 1.807) is 18.2 Å². The Morgan fingerprint density at radius 1 is 1.45 bits per heavy atom. The number of sulfonamides is 1. The highest BCUT2D eigenvalue weighted by molar-refractivity contribution is 7.89. The summed E-state index contributed by atoms with van der Waals surface area (Å²) in [5, 5.41) is 3.27. The first-order valence-electron chi connectivity index (χ1n) is 7.07. The van der Waals surface area contributed by atoms with E-state index in [0.29, 0.717) is 18.0 Å². The highest BCUT2D eigenvalue weighted by atomic mass is 32.2. The van der Waals surface area contributed by atoms with Gasteiger partial charge >= 0.3 is 0 Å². The number of hydrogen-bond donors (Lipinski definition) is 1. The van der Waals surface area contributed by atoms with E-state index in [1.807, 2.05) is 13.0 Å². The van der Waals surface area contributed by atoms with Gasteiger partial charge in [0.1, 0.15) is 0 Å². The van der Waals surface area contributed by atoms with Crippen LogP contribution in [0.5, 0.6) is 0 Å². The molecule has 0 amide bonds. The second-order valence-electron chi connectivity index (χ2n) is 5.00. The third-order valence-electron chi connectivity index (χ3n) is 3.46. The third-order valence-corrected chi connectivity index (χ3v) is 5.32. The van der Waals surface area contributed by atoms with Crippen LogP contribution in [-0.2, 0) is 16.4 Å². The molecule has 0 bridgehead atoms. The maximum atomic E-state index is 12.6. The number of nitrogens with one attached hydrogen (secondary N) is 1. The van der Waals surface area contributed by atoms with E-state index in [-0.39, 0.29) is 0 Å². The van der Waals surface area contributed by atoms with Gasteiger partial charge in [0.25, 0.3) is 0 Å². The van der Waals surface area contributed by atoms with Crippen LogP contribution in [0.15, 0.2) is 35.7 Å². The Kier molecular flexibility index (Phi) is 4.83. The van der Waals surface area contributed by atoms with Gasteiger partial charge in [0.15, 0.2) is 0 Å². The Morgan fingerprint density at radius 2 is 2.25 bits per heavy atom. The number of hydrogen-bond acceptors (Lipinski definition) is 3. The van der Waals surface area contributed by atoms with Crippen molar-refractivity contribution in [2.75, 3.05) is 25.0 Å². The molecule has 1 N–H and O–H groups in total. The van der Waals surface area contributed by atoms with Gasteiger partial charge in [-0.1, -0.05) is 19.1 Å². The first-order chi connectivity index (χ1) is 9.59. The van der Waals surface area contributed by atoms with E-state index in [9.17, 15) is 8.42 Å². The Labute approximate surface area is 121 Å². The summed E-state index contributed by atoms with van der Waals surface area (Å²) in [5.74, 6) is 0. The zero-order valence-corrected chi connectivity index (χ0v) is 12.7. The second kappa shape index (κ2) is 6.41. The fourth-order valence-electron chi connectivity index (χ4n) is 2.45. The second-order valence-corrected chi connectivity index (χ2v) is 6.94. The molecule has 0 saturated carbocycles. The number of nitrogens with zero attached hydrogens (tertiary/aromatic N) is 1. The lowest BCUT2D eigenvalue weighted by molar-refractivity contribution is 0.441. The van der Waals surface area contributed by atoms with Gasteiger partial charge in [-0.25, -0.2) is 8.42 Å². The number of benzene rings is 1. The maximum Gasteiger partial charge on any atom is 0.243 e. The lowest BCUT2D eigenvalue weighted by atomic mass is 10.0. The van der Waals surface area contributed by atoms with Crippen LogP contribution in [0.25, 0.3) is 0 Å². The zero-order valence-electron chi connectivity index (χ0n) is 11.9. The molecule has 20 heavy (non-hydrogen) atoms. The van der Waals surface area contributed by atoms with E-state index >= 15 is 0 Å². The first-order valence-corrected chi connectivity index (χ1v) is 8.51. The minimum atomic E-state index is -3.44. The zero-order chi connectivity index (χ0) is 14.6. The van der Waals surface area contributed by atoms with Crippen LogP contribution in [0.1, 0.15) is 25.3 Å². The van der Waals surface area contributed by atoms with Gasteiger partial charge < -0.3 is 5.32 Å². The van der Waals surface area contributed by atoms with Crippen LogP contribution in [0.3, 0.4) is 0 Å². The van der Waals surface area contributed by atoms with Crippen molar-refractivity contribution in [1.82, 2.24) is 4.31 Å². The predicted octanol–water partition coefficient (Wildman–Crippen LogP) is 2.63. The van der Waals surface area contributed by atoms with Crippen molar-refractivity contribution in [2.45, 2.75) is 31.1 Å². The average molecular weight is 294 g/mol. The quantitative estimate of drug-likeness (QED) is 0.821. The van der Waals surface area contributed by atoms with Gasteiger partial charge in [-0.3, -0.25) is 0 Å². The fraction of sp³-hybridized carbons (Fsp3) is 0.467. The molecule has 0 atom stereocenters. The molecule has 0 aliphatic carbocycles. The van der Waals surface area contributed by atoms with Crippen molar-refractivity contribution >= 4 is 15.7 Å². The standard InChI is InChI=1S/C15H22N2O2S/c1-3-10-17(11-4-2)20(18,19)14-8-7-13-6-5-9-16-15(13)12-14/h3,7-8,12,16H,1,4-6,9-11H2,2H3. The molecule has 0 fully saturated rings. The van der Waals surface area contributed by atoms with E-state index < -0.39 is 10.0 Å². The van der Waals surface area contributed by atoms with Crippen LogP contribution in [0.2, 0.25) is 0 Å². The van der Waals surface area contributed by atoms with Gasteiger partial charge in [0.05, 0.1) is 4.90 Å². The van der Waals surface area contributed by atoms with Crippen LogP contribution in [-0.4, -0.2) is 32.4 Å². The summed E-state index contributed by atoms with van der Waals surface area (Å²) in [6.07, 6.45) is 4.52. The SMILES string of the molecule is C=CCN(CCC)S(=O)(=O)c1ccc2c(c1)NCCC2. The Bertz CT molecular complexity index is 582. The molecular weight excluding hydrogens is 272 g/mol. The van der Waals surface area contributed by atoms with Crippen molar-refractivity contribution in [3.05, 3.63) is 36.4 Å². The molecule has 0 spiro atoms. The topological polar surface area (TPSA) is 49.4 Å². The molecule has 4 nitrogen and oxygen atoms in total. The van der Waals surface area contributed by atoms with E-state index in [1.165, 1.54) is 9.87 Å². The first kappa shape index (κ1) is 15.1. The molecular formula is C15H22N2O2S. The van der Waals surface area contributed by atoms with Crippen molar-refractivity contribution in [3.8, 4) is 0 Å². The van der Waals surface area contributed by atoms with Crippen LogP contribution in [0.4, 0.5) is 5.69 Å². The highest BCUT2D eigenvalue weighted by Gasteiger charge is 2.24. The van der Waals surface area contributed by atoms with Gasteiger partial charge in [-0.05, 0) is 37.0 Å². The van der Waals surface area contributed by atoms with Crippen LogP contribution in [0, 0.1) is 0 Å². The fourth-order valence-corrected chi connectivity index (χ4v) is 3.98. The van der Waals surface area contributed by atoms with Crippen molar-refractivity contribution in [1.29, 1.82) is 0 Å². The van der Waals surface area contributed by atoms with Crippen molar-refractivity contribution < 1.29 is 8.42 Å². The molecule has 0 radical (unpaired) electrons. The molecule has 2 rings (SSSR count). The number of aryl methyl sites for hydroxylation is 1. The summed E-state index contributed by atoms with van der Waals surface area (Å²) in [4.78, 5) is 0.362. The molecule has 110 valence electrons. The van der Waals surface area contributed by atoms with Gasteiger partial charge in [-0.2, -0.15) is 4.31 Å². The molecule has 1 aliphatic heterocycles. The van der Waals surface area contributed by atoms with Gasteiger partial charge in [0, 0.05) is 25.3 Å². The van der Waals surface area contributed by atoms with Crippen molar-refractivity contribution in [2.24, 2.45) is 0 Å². The predicted molar refractivity (Wildman–Crippen MR) is 82.5 cm³/mol. The molecule has 1 heterocycles. The summed E-state index contributed by atoms with van der Waals surface area (Å²) >= 11 is 0. The molecule has 1 aliphatic rings. The van der Waals surface area contributed by atoms with Crippen molar-refractivity contribution in [3.63, 3.8) is 0 Å². The van der Waals surface area contributed by atoms with Gasteiger partial charge in [0.2, 0.25) is 10.0 Å². The molecule has 5 heteroatoms. The normalized spacial score (nSPS) is 14.7. The molecule has 0 aromatic heterocycles. The molecule has 0 saturated heterocycles. The Morgan fingerprint density at radius 3 is 2.95 bits per heavy atom. The molecule has 0 unspecified atom stereocenters. The Balaban J connectivity index is 2.35. The summed E-state index contributed by atoms with van der Waals surface area (Å²) in [5.41, 5.74) is 2.15. The lowest BCUT2D eigenvalue weighted by Gasteiger charge is -2.22.